The molecule has 5 heteroatoms. The fourth-order valence-corrected chi connectivity index (χ4v) is 5.37. The molecule has 0 radical (unpaired) electrons. The lowest BCUT2D eigenvalue weighted by Crippen LogP contribution is -2.62. The van der Waals surface area contributed by atoms with E-state index in [9.17, 15) is 9.59 Å². The van der Waals surface area contributed by atoms with Crippen molar-refractivity contribution >= 4 is 16.8 Å². The molecule has 152 valence electrons. The summed E-state index contributed by atoms with van der Waals surface area (Å²) in [5, 5.41) is 0.534. The summed E-state index contributed by atoms with van der Waals surface area (Å²) in [4.78, 5) is 34.4. The summed E-state index contributed by atoms with van der Waals surface area (Å²) in [6.45, 7) is 2.39. The standard InChI is InChI=1S/C26H21N3O2/c1-17-23(30)28-16-15-18-9-5-7-13-21(18)26(28,19-10-3-2-4-11-19)25-27-22-14-8-6-12-20(22)24(31)29(17)25/h2-14,17H,15-16H2,1H3/t17-,26-/m0/s1. The van der Waals surface area contributed by atoms with E-state index in [1.807, 2.05) is 65.6 Å². The molecule has 0 N–H and O–H groups in total. The number of benzene rings is 3. The Morgan fingerprint density at radius 3 is 2.45 bits per heavy atom. The van der Waals surface area contributed by atoms with Crippen molar-refractivity contribution in [3.05, 3.63) is 112 Å². The van der Waals surface area contributed by atoms with Crippen LogP contribution in [0.25, 0.3) is 10.9 Å². The van der Waals surface area contributed by atoms with E-state index < -0.39 is 11.6 Å². The van der Waals surface area contributed by atoms with E-state index in [4.69, 9.17) is 4.98 Å². The number of hydrogen-bond donors (Lipinski definition) is 0. The van der Waals surface area contributed by atoms with E-state index in [0.717, 1.165) is 17.5 Å². The summed E-state index contributed by atoms with van der Waals surface area (Å²) in [6.07, 6.45) is 0.779. The number of para-hydroxylation sites is 1. The molecule has 2 aliphatic heterocycles. The van der Waals surface area contributed by atoms with Crippen molar-refractivity contribution in [3.8, 4) is 0 Å². The molecule has 4 aromatic rings. The van der Waals surface area contributed by atoms with Crippen LogP contribution in [-0.4, -0.2) is 26.9 Å². The van der Waals surface area contributed by atoms with Crippen molar-refractivity contribution < 1.29 is 4.79 Å². The smallest absolute Gasteiger partial charge is 0.262 e. The van der Waals surface area contributed by atoms with Crippen molar-refractivity contribution in [2.24, 2.45) is 0 Å². The molecule has 2 aliphatic rings. The Kier molecular flexibility index (Phi) is 3.72. The van der Waals surface area contributed by atoms with E-state index in [-0.39, 0.29) is 11.5 Å². The van der Waals surface area contributed by atoms with Crippen LogP contribution in [0.5, 0.6) is 0 Å². The van der Waals surface area contributed by atoms with Gasteiger partial charge in [0.2, 0.25) is 5.91 Å². The third kappa shape index (κ3) is 2.23. The molecule has 3 aromatic carbocycles. The lowest BCUT2D eigenvalue weighted by Gasteiger charge is -2.52. The average molecular weight is 407 g/mol. The molecule has 0 aliphatic carbocycles. The third-order valence-corrected chi connectivity index (χ3v) is 6.75. The lowest BCUT2D eigenvalue weighted by molar-refractivity contribution is -0.142. The van der Waals surface area contributed by atoms with Crippen molar-refractivity contribution in [3.63, 3.8) is 0 Å². The van der Waals surface area contributed by atoms with Gasteiger partial charge in [0, 0.05) is 6.54 Å². The van der Waals surface area contributed by atoms with Gasteiger partial charge >= 0.3 is 0 Å². The maximum absolute atomic E-state index is 13.7. The Morgan fingerprint density at radius 2 is 1.61 bits per heavy atom. The number of carbonyl (C=O) groups excluding carboxylic acids is 1. The molecule has 0 fully saturated rings. The number of amides is 1. The highest BCUT2D eigenvalue weighted by Crippen LogP contribution is 2.49. The SMILES string of the molecule is C[C@H]1C(=O)N2CCc3ccccc3[C@@]2(c2ccccc2)c2nc3ccccc3c(=O)n21. The number of hydrogen-bond acceptors (Lipinski definition) is 3. The number of carbonyl (C=O) groups is 1. The first-order chi connectivity index (χ1) is 15.1. The highest BCUT2D eigenvalue weighted by Gasteiger charge is 2.55. The van der Waals surface area contributed by atoms with Gasteiger partial charge in [-0.05, 0) is 42.2 Å². The van der Waals surface area contributed by atoms with Crippen LogP contribution < -0.4 is 5.56 Å². The fraction of sp³-hybridized carbons (Fsp3) is 0.192. The van der Waals surface area contributed by atoms with Crippen LogP contribution in [0.3, 0.4) is 0 Å². The monoisotopic (exact) mass is 407 g/mol. The van der Waals surface area contributed by atoms with Crippen molar-refractivity contribution in [1.29, 1.82) is 0 Å². The van der Waals surface area contributed by atoms with Gasteiger partial charge < -0.3 is 4.90 Å². The van der Waals surface area contributed by atoms with Crippen LogP contribution in [0, 0.1) is 0 Å². The molecule has 3 heterocycles. The van der Waals surface area contributed by atoms with Gasteiger partial charge in [-0.1, -0.05) is 66.7 Å². The minimum Gasteiger partial charge on any atom is -0.320 e. The second-order valence-corrected chi connectivity index (χ2v) is 8.28. The lowest BCUT2D eigenvalue weighted by atomic mass is 9.73. The topological polar surface area (TPSA) is 55.2 Å². The molecule has 1 aromatic heterocycles. The van der Waals surface area contributed by atoms with Gasteiger partial charge in [-0.15, -0.1) is 0 Å². The molecule has 0 bridgehead atoms. The zero-order valence-electron chi connectivity index (χ0n) is 17.2. The second kappa shape index (κ2) is 6.38. The molecule has 2 atom stereocenters. The highest BCUT2D eigenvalue weighted by atomic mass is 16.2. The first kappa shape index (κ1) is 18.1. The van der Waals surface area contributed by atoms with Gasteiger partial charge in [0.15, 0.2) is 5.54 Å². The zero-order valence-corrected chi connectivity index (χ0v) is 17.2. The normalized spacial score (nSPS) is 22.0. The summed E-state index contributed by atoms with van der Waals surface area (Å²) >= 11 is 0. The molecule has 1 amide bonds. The maximum Gasteiger partial charge on any atom is 0.262 e. The molecule has 31 heavy (non-hydrogen) atoms. The second-order valence-electron chi connectivity index (χ2n) is 8.28. The Bertz CT molecular complexity index is 1410. The van der Waals surface area contributed by atoms with Crippen molar-refractivity contribution in [1.82, 2.24) is 14.5 Å². The first-order valence-electron chi connectivity index (χ1n) is 10.6. The zero-order chi connectivity index (χ0) is 21.2. The summed E-state index contributed by atoms with van der Waals surface area (Å²) in [7, 11) is 0. The van der Waals surface area contributed by atoms with Gasteiger partial charge in [-0.3, -0.25) is 14.2 Å². The van der Waals surface area contributed by atoms with Gasteiger partial charge in [0.1, 0.15) is 11.9 Å². The van der Waals surface area contributed by atoms with Crippen LogP contribution in [0.15, 0.2) is 83.7 Å². The van der Waals surface area contributed by atoms with Crippen molar-refractivity contribution in [2.45, 2.75) is 24.9 Å². The van der Waals surface area contributed by atoms with Gasteiger partial charge in [-0.2, -0.15) is 0 Å². The fourth-order valence-electron chi connectivity index (χ4n) is 5.37. The minimum absolute atomic E-state index is 0.0509. The van der Waals surface area contributed by atoms with Gasteiger partial charge in [0.25, 0.3) is 5.56 Å². The van der Waals surface area contributed by atoms with E-state index >= 15 is 0 Å². The number of aromatic nitrogens is 2. The molecule has 0 unspecified atom stereocenters. The van der Waals surface area contributed by atoms with Crippen LogP contribution >= 0.6 is 0 Å². The van der Waals surface area contributed by atoms with Crippen LogP contribution in [0.2, 0.25) is 0 Å². The maximum atomic E-state index is 13.7. The molecule has 0 spiro atoms. The summed E-state index contributed by atoms with van der Waals surface area (Å²) in [5.41, 5.74) is 2.68. The summed E-state index contributed by atoms with van der Waals surface area (Å²) < 4.78 is 1.62. The number of rotatable bonds is 1. The van der Waals surface area contributed by atoms with Crippen LogP contribution in [0.1, 0.15) is 35.5 Å². The van der Waals surface area contributed by atoms with E-state index in [1.165, 1.54) is 5.56 Å². The quantitative estimate of drug-likeness (QED) is 0.484. The van der Waals surface area contributed by atoms with E-state index in [1.54, 1.807) is 17.6 Å². The van der Waals surface area contributed by atoms with E-state index in [0.29, 0.717) is 23.3 Å². The molecule has 0 saturated heterocycles. The predicted octanol–water partition coefficient (Wildman–Crippen LogP) is 3.65. The third-order valence-electron chi connectivity index (χ3n) is 6.75. The largest absolute Gasteiger partial charge is 0.320 e. The average Bonchev–Trinajstić information content (AvgIpc) is 2.82. The predicted molar refractivity (Wildman–Crippen MR) is 119 cm³/mol. The number of nitrogens with zero attached hydrogens (tertiary/aromatic N) is 3. The molecule has 5 nitrogen and oxygen atoms in total. The Morgan fingerprint density at radius 1 is 0.903 bits per heavy atom. The molecular formula is C26H21N3O2. The Hall–Kier alpha value is -3.73. The molecule has 0 saturated carbocycles. The Balaban J connectivity index is 1.85. The summed E-state index contributed by atoms with van der Waals surface area (Å²) in [5.74, 6) is 0.562. The molecular weight excluding hydrogens is 386 g/mol. The number of fused-ring (bicyclic) bond motifs is 6. The van der Waals surface area contributed by atoms with Crippen molar-refractivity contribution in [2.75, 3.05) is 6.54 Å². The first-order valence-corrected chi connectivity index (χ1v) is 10.6. The highest BCUT2D eigenvalue weighted by molar-refractivity contribution is 5.86. The Labute approximate surface area is 179 Å². The molecule has 6 rings (SSSR count). The van der Waals surface area contributed by atoms with E-state index in [2.05, 4.69) is 12.1 Å². The van der Waals surface area contributed by atoms with Crippen LogP contribution in [0.4, 0.5) is 0 Å². The van der Waals surface area contributed by atoms with Gasteiger partial charge in [0.05, 0.1) is 10.9 Å². The summed E-state index contributed by atoms with van der Waals surface area (Å²) in [6, 6.07) is 25.0. The van der Waals surface area contributed by atoms with Gasteiger partial charge in [-0.25, -0.2) is 4.98 Å². The minimum atomic E-state index is -0.942. The van der Waals surface area contributed by atoms with Crippen LogP contribution in [-0.2, 0) is 16.8 Å².